The molecule has 0 bridgehead atoms. The molecule has 0 amide bonds. The van der Waals surface area contributed by atoms with Gasteiger partial charge in [-0.25, -0.2) is 0 Å². The van der Waals surface area contributed by atoms with Gasteiger partial charge >= 0.3 is 0 Å². The average Bonchev–Trinajstić information content (AvgIpc) is 2.03. The van der Waals surface area contributed by atoms with Crippen molar-refractivity contribution < 1.29 is 9.84 Å². The molecule has 0 aromatic rings. The maximum absolute atomic E-state index is 8.67. The number of aliphatic hydroxyl groups excluding tert-OH is 1. The van der Waals surface area contributed by atoms with Crippen molar-refractivity contribution in [3.05, 3.63) is 8.96 Å². The van der Waals surface area contributed by atoms with Crippen LogP contribution in [0.5, 0.6) is 0 Å². The van der Waals surface area contributed by atoms with Crippen molar-refractivity contribution in [2.75, 3.05) is 19.8 Å². The molecule has 0 saturated carbocycles. The fourth-order valence-electron chi connectivity index (χ4n) is 0.470. The molecule has 0 aromatic carbocycles. The molecule has 0 aliphatic carbocycles. The van der Waals surface area contributed by atoms with E-state index in [2.05, 4.69) is 38.8 Å². The zero-order chi connectivity index (χ0) is 8.69. The fourth-order valence-corrected chi connectivity index (χ4v) is 0.872. The van der Waals surface area contributed by atoms with Gasteiger partial charge in [0.25, 0.3) is 0 Å². The van der Waals surface area contributed by atoms with Gasteiger partial charge in [0.15, 0.2) is 0 Å². The van der Waals surface area contributed by atoms with Crippen LogP contribution < -0.4 is 0 Å². The van der Waals surface area contributed by atoms with Gasteiger partial charge in [-0.2, -0.15) is 0 Å². The van der Waals surface area contributed by atoms with Crippen LogP contribution in [0.1, 0.15) is 13.3 Å². The molecule has 0 rings (SSSR count). The predicted octanol–water partition coefficient (Wildman–Crippen LogP) is 2.41. The summed E-state index contributed by atoms with van der Waals surface area (Å²) in [4.78, 5) is 0. The third-order valence-electron chi connectivity index (χ3n) is 1.01. The number of rotatable bonds is 5. The van der Waals surface area contributed by atoms with Gasteiger partial charge < -0.3 is 9.84 Å². The van der Waals surface area contributed by atoms with Crippen LogP contribution in [-0.4, -0.2) is 24.9 Å². The van der Waals surface area contributed by atoms with Crippen molar-refractivity contribution in [3.63, 3.8) is 0 Å². The monoisotopic (exact) mass is 286 g/mol. The van der Waals surface area contributed by atoms with Crippen molar-refractivity contribution >= 4 is 31.9 Å². The highest BCUT2D eigenvalue weighted by atomic mass is 79.9. The third-order valence-corrected chi connectivity index (χ3v) is 2.98. The number of halogens is 2. The van der Waals surface area contributed by atoms with Crippen LogP contribution in [0.25, 0.3) is 0 Å². The Morgan fingerprint density at radius 1 is 1.36 bits per heavy atom. The van der Waals surface area contributed by atoms with Crippen LogP contribution in [0.15, 0.2) is 8.96 Å². The quantitative estimate of drug-likeness (QED) is 0.787. The first-order chi connectivity index (χ1) is 5.22. The highest BCUT2D eigenvalue weighted by Crippen LogP contribution is 2.17. The zero-order valence-corrected chi connectivity index (χ0v) is 9.61. The van der Waals surface area contributed by atoms with Crippen molar-refractivity contribution in [3.8, 4) is 0 Å². The summed E-state index contributed by atoms with van der Waals surface area (Å²) in [5, 5.41) is 8.67. The number of hydrogen-bond acceptors (Lipinski definition) is 2. The van der Waals surface area contributed by atoms with Crippen LogP contribution in [0, 0.1) is 0 Å². The van der Waals surface area contributed by atoms with E-state index in [1.807, 2.05) is 0 Å². The Bertz CT molecular complexity index is 134. The van der Waals surface area contributed by atoms with Gasteiger partial charge in [-0.05, 0) is 6.42 Å². The average molecular weight is 288 g/mol. The largest absolute Gasteiger partial charge is 0.391 e. The molecule has 0 aliphatic heterocycles. The van der Waals surface area contributed by atoms with E-state index in [-0.39, 0.29) is 6.61 Å². The SMILES string of the molecule is CCCOCC(Br)=C(Br)CO. The van der Waals surface area contributed by atoms with Gasteiger partial charge in [0.05, 0.1) is 13.2 Å². The topological polar surface area (TPSA) is 29.5 Å². The molecule has 0 heterocycles. The maximum atomic E-state index is 8.67. The lowest BCUT2D eigenvalue weighted by Crippen LogP contribution is -1.97. The van der Waals surface area contributed by atoms with E-state index in [0.29, 0.717) is 6.61 Å². The molecule has 0 radical (unpaired) electrons. The van der Waals surface area contributed by atoms with Gasteiger partial charge in [-0.1, -0.05) is 38.8 Å². The standard InChI is InChI=1S/C7H12Br2O2/c1-2-3-11-5-7(9)6(8)4-10/h10H,2-5H2,1H3. The second kappa shape index (κ2) is 7.28. The number of ether oxygens (including phenoxy) is 1. The molecule has 0 fully saturated rings. The summed E-state index contributed by atoms with van der Waals surface area (Å²) in [6, 6.07) is 0. The van der Waals surface area contributed by atoms with Gasteiger partial charge in [0.1, 0.15) is 0 Å². The molecule has 0 aromatic heterocycles. The normalized spacial score (nSPS) is 13.1. The van der Waals surface area contributed by atoms with Crippen molar-refractivity contribution in [1.82, 2.24) is 0 Å². The second-order valence-electron chi connectivity index (χ2n) is 2.02. The first-order valence-corrected chi connectivity index (χ1v) is 5.02. The van der Waals surface area contributed by atoms with Crippen molar-refractivity contribution in [1.29, 1.82) is 0 Å². The Balaban J connectivity index is 3.58. The minimum Gasteiger partial charge on any atom is -0.391 e. The molecule has 2 nitrogen and oxygen atoms in total. The lowest BCUT2D eigenvalue weighted by Gasteiger charge is -2.02. The van der Waals surface area contributed by atoms with Crippen LogP contribution in [0.3, 0.4) is 0 Å². The minimum absolute atomic E-state index is 0.00999. The number of hydrogen-bond donors (Lipinski definition) is 1. The molecule has 0 spiro atoms. The Kier molecular flexibility index (Phi) is 7.69. The van der Waals surface area contributed by atoms with Crippen LogP contribution in [0.2, 0.25) is 0 Å². The molecular weight excluding hydrogens is 276 g/mol. The second-order valence-corrected chi connectivity index (χ2v) is 3.93. The van der Waals surface area contributed by atoms with Crippen molar-refractivity contribution in [2.24, 2.45) is 0 Å². The van der Waals surface area contributed by atoms with E-state index in [1.165, 1.54) is 0 Å². The van der Waals surface area contributed by atoms with Gasteiger partial charge in [0, 0.05) is 15.6 Å². The van der Waals surface area contributed by atoms with Gasteiger partial charge in [-0.3, -0.25) is 0 Å². The summed E-state index contributed by atoms with van der Waals surface area (Å²) in [6.07, 6.45) is 1.01. The molecule has 0 atom stereocenters. The van der Waals surface area contributed by atoms with E-state index in [9.17, 15) is 0 Å². The lowest BCUT2D eigenvalue weighted by atomic mass is 10.5. The van der Waals surface area contributed by atoms with Crippen LogP contribution >= 0.6 is 31.9 Å². The van der Waals surface area contributed by atoms with Crippen molar-refractivity contribution in [2.45, 2.75) is 13.3 Å². The molecule has 0 unspecified atom stereocenters. The van der Waals surface area contributed by atoms with E-state index in [4.69, 9.17) is 9.84 Å². The van der Waals surface area contributed by atoms with E-state index < -0.39 is 0 Å². The molecular formula is C7H12Br2O2. The molecule has 0 saturated heterocycles. The van der Waals surface area contributed by atoms with Crippen LogP contribution in [-0.2, 0) is 4.74 Å². The van der Waals surface area contributed by atoms with Gasteiger partial charge in [0.2, 0.25) is 0 Å². The first kappa shape index (κ1) is 11.6. The summed E-state index contributed by atoms with van der Waals surface area (Å²) >= 11 is 6.48. The van der Waals surface area contributed by atoms with Gasteiger partial charge in [-0.15, -0.1) is 0 Å². The Morgan fingerprint density at radius 2 is 2.00 bits per heavy atom. The Hall–Kier alpha value is 0.620. The number of aliphatic hydroxyl groups is 1. The highest BCUT2D eigenvalue weighted by Gasteiger charge is 1.98. The summed E-state index contributed by atoms with van der Waals surface area (Å²) in [6.45, 7) is 3.34. The first-order valence-electron chi connectivity index (χ1n) is 3.44. The summed E-state index contributed by atoms with van der Waals surface area (Å²) in [7, 11) is 0. The van der Waals surface area contributed by atoms with E-state index in [1.54, 1.807) is 0 Å². The third kappa shape index (κ3) is 5.84. The van der Waals surface area contributed by atoms with Crippen LogP contribution in [0.4, 0.5) is 0 Å². The molecule has 1 N–H and O–H groups in total. The van der Waals surface area contributed by atoms with E-state index in [0.717, 1.165) is 22.0 Å². The molecule has 4 heteroatoms. The molecule has 66 valence electrons. The minimum atomic E-state index is 0.00999. The van der Waals surface area contributed by atoms with E-state index >= 15 is 0 Å². The Morgan fingerprint density at radius 3 is 2.45 bits per heavy atom. The highest BCUT2D eigenvalue weighted by molar-refractivity contribution is 9.14. The molecule has 0 aliphatic rings. The summed E-state index contributed by atoms with van der Waals surface area (Å²) in [5.41, 5.74) is 0. The summed E-state index contributed by atoms with van der Waals surface area (Å²) in [5.74, 6) is 0. The maximum Gasteiger partial charge on any atom is 0.0790 e. The fraction of sp³-hybridized carbons (Fsp3) is 0.714. The smallest absolute Gasteiger partial charge is 0.0790 e. The molecule has 11 heavy (non-hydrogen) atoms. The predicted molar refractivity (Wildman–Crippen MR) is 53.1 cm³/mol. The lowest BCUT2D eigenvalue weighted by molar-refractivity contribution is 0.161. The summed E-state index contributed by atoms with van der Waals surface area (Å²) < 4.78 is 6.83. The Labute approximate surface area is 83.9 Å². The zero-order valence-electron chi connectivity index (χ0n) is 6.44.